The molecule has 0 rings (SSSR count). The van der Waals surface area contributed by atoms with Gasteiger partial charge in [0.15, 0.2) is 0 Å². The predicted octanol–water partition coefficient (Wildman–Crippen LogP) is 2.16. The Morgan fingerprint density at radius 3 is 2.73 bits per heavy atom. The van der Waals surface area contributed by atoms with Gasteiger partial charge in [-0.25, -0.2) is 0 Å². The number of hydrogen-bond donors (Lipinski definition) is 0. The normalized spacial score (nSPS) is 14.7. The van der Waals surface area contributed by atoms with Gasteiger partial charge in [0.2, 0.25) is 0 Å². The standard InChI is InChI=1S/C7H13N3O/c1-6(4-9-10-8)3-7(2)5-11/h5-7H,3-4H2,1-2H3/t6-,7+/m0/s1. The van der Waals surface area contributed by atoms with Crippen LogP contribution in [0.1, 0.15) is 20.3 Å². The zero-order valence-corrected chi connectivity index (χ0v) is 6.90. The number of rotatable bonds is 5. The number of nitrogens with zero attached hydrogens (tertiary/aromatic N) is 3. The molecule has 0 unspecified atom stereocenters. The van der Waals surface area contributed by atoms with E-state index in [2.05, 4.69) is 10.0 Å². The molecular formula is C7H13N3O. The zero-order chi connectivity index (χ0) is 8.69. The number of azide groups is 1. The quantitative estimate of drug-likeness (QED) is 0.259. The van der Waals surface area contributed by atoms with E-state index in [1.54, 1.807) is 0 Å². The van der Waals surface area contributed by atoms with Crippen LogP contribution in [0.15, 0.2) is 5.11 Å². The fourth-order valence-electron chi connectivity index (χ4n) is 0.941. The molecule has 0 amide bonds. The van der Waals surface area contributed by atoms with Gasteiger partial charge in [0.05, 0.1) is 0 Å². The van der Waals surface area contributed by atoms with E-state index in [1.807, 2.05) is 13.8 Å². The maximum absolute atomic E-state index is 10.2. The molecule has 2 atom stereocenters. The molecule has 11 heavy (non-hydrogen) atoms. The van der Waals surface area contributed by atoms with Crippen LogP contribution in [0.2, 0.25) is 0 Å². The molecule has 0 N–H and O–H groups in total. The summed E-state index contributed by atoms with van der Waals surface area (Å²) in [6, 6.07) is 0. The molecule has 0 aliphatic carbocycles. The first-order valence-corrected chi connectivity index (χ1v) is 3.66. The van der Waals surface area contributed by atoms with E-state index in [0.29, 0.717) is 12.5 Å². The van der Waals surface area contributed by atoms with Crippen molar-refractivity contribution in [3.63, 3.8) is 0 Å². The van der Waals surface area contributed by atoms with Crippen LogP contribution >= 0.6 is 0 Å². The summed E-state index contributed by atoms with van der Waals surface area (Å²) in [5.41, 5.74) is 8.00. The largest absolute Gasteiger partial charge is 0.303 e. The second-order valence-electron chi connectivity index (χ2n) is 2.87. The molecule has 0 aliphatic rings. The zero-order valence-electron chi connectivity index (χ0n) is 6.90. The Labute approximate surface area is 66.2 Å². The number of aldehydes is 1. The van der Waals surface area contributed by atoms with Crippen molar-refractivity contribution in [2.24, 2.45) is 17.0 Å². The van der Waals surface area contributed by atoms with E-state index in [4.69, 9.17) is 5.53 Å². The lowest BCUT2D eigenvalue weighted by atomic mass is 9.99. The molecule has 0 spiro atoms. The Morgan fingerprint density at radius 1 is 1.64 bits per heavy atom. The minimum Gasteiger partial charge on any atom is -0.303 e. The summed E-state index contributed by atoms with van der Waals surface area (Å²) in [6.45, 7) is 4.31. The van der Waals surface area contributed by atoms with E-state index in [0.717, 1.165) is 12.7 Å². The number of carbonyl (C=O) groups is 1. The van der Waals surface area contributed by atoms with Crippen molar-refractivity contribution >= 4 is 6.29 Å². The Hall–Kier alpha value is -1.02. The van der Waals surface area contributed by atoms with Gasteiger partial charge in [-0.3, -0.25) is 0 Å². The van der Waals surface area contributed by atoms with Crippen LogP contribution in [0, 0.1) is 11.8 Å². The highest BCUT2D eigenvalue weighted by atomic mass is 16.1. The Bertz CT molecular complexity index is 163. The molecule has 0 saturated carbocycles. The molecular weight excluding hydrogens is 142 g/mol. The fourth-order valence-corrected chi connectivity index (χ4v) is 0.941. The van der Waals surface area contributed by atoms with Crippen molar-refractivity contribution < 1.29 is 4.79 Å². The molecule has 0 saturated heterocycles. The monoisotopic (exact) mass is 155 g/mol. The molecule has 0 radical (unpaired) electrons. The minimum atomic E-state index is 0.0684. The van der Waals surface area contributed by atoms with Gasteiger partial charge in [-0.1, -0.05) is 19.0 Å². The summed E-state index contributed by atoms with van der Waals surface area (Å²) in [5, 5.41) is 3.42. The smallest absolute Gasteiger partial charge is 0.122 e. The van der Waals surface area contributed by atoms with Crippen LogP contribution in [-0.2, 0) is 4.79 Å². The van der Waals surface area contributed by atoms with E-state index in [-0.39, 0.29) is 5.92 Å². The second-order valence-corrected chi connectivity index (χ2v) is 2.87. The van der Waals surface area contributed by atoms with Crippen molar-refractivity contribution in [2.75, 3.05) is 6.54 Å². The fraction of sp³-hybridized carbons (Fsp3) is 0.857. The maximum atomic E-state index is 10.2. The Morgan fingerprint density at radius 2 is 2.27 bits per heavy atom. The lowest BCUT2D eigenvalue weighted by Crippen LogP contribution is -2.06. The Balaban J connectivity index is 3.58. The molecule has 0 aromatic rings. The van der Waals surface area contributed by atoms with Gasteiger partial charge in [-0.05, 0) is 17.9 Å². The van der Waals surface area contributed by atoms with E-state index < -0.39 is 0 Å². The molecule has 4 nitrogen and oxygen atoms in total. The van der Waals surface area contributed by atoms with Crippen molar-refractivity contribution in [1.29, 1.82) is 0 Å². The highest BCUT2D eigenvalue weighted by Gasteiger charge is 2.05. The molecule has 0 heterocycles. The summed E-state index contributed by atoms with van der Waals surface area (Å²) in [7, 11) is 0. The SMILES string of the molecule is C[C@H](CN=[N+]=[N-])C[C@@H](C)C=O. The molecule has 0 aliphatic heterocycles. The lowest BCUT2D eigenvalue weighted by Gasteiger charge is -2.08. The van der Waals surface area contributed by atoms with Gasteiger partial charge in [0, 0.05) is 17.4 Å². The van der Waals surface area contributed by atoms with Crippen molar-refractivity contribution in [1.82, 2.24) is 0 Å². The topological polar surface area (TPSA) is 65.8 Å². The molecule has 0 bridgehead atoms. The van der Waals surface area contributed by atoms with Gasteiger partial charge < -0.3 is 4.79 Å². The van der Waals surface area contributed by atoms with Crippen molar-refractivity contribution in [2.45, 2.75) is 20.3 Å². The van der Waals surface area contributed by atoms with Crippen molar-refractivity contribution in [3.05, 3.63) is 10.4 Å². The third kappa shape index (κ3) is 5.43. The van der Waals surface area contributed by atoms with E-state index >= 15 is 0 Å². The summed E-state index contributed by atoms with van der Waals surface area (Å²) in [5.74, 6) is 0.366. The van der Waals surface area contributed by atoms with Gasteiger partial charge in [-0.15, -0.1) is 0 Å². The van der Waals surface area contributed by atoms with Crippen LogP contribution in [0.3, 0.4) is 0 Å². The highest BCUT2D eigenvalue weighted by Crippen LogP contribution is 2.09. The van der Waals surface area contributed by atoms with Gasteiger partial charge in [0.25, 0.3) is 0 Å². The molecule has 0 fully saturated rings. The van der Waals surface area contributed by atoms with Gasteiger partial charge in [-0.2, -0.15) is 0 Å². The lowest BCUT2D eigenvalue weighted by molar-refractivity contribution is -0.111. The summed E-state index contributed by atoms with van der Waals surface area (Å²) < 4.78 is 0. The molecule has 0 aromatic carbocycles. The number of carbonyl (C=O) groups excluding carboxylic acids is 1. The minimum absolute atomic E-state index is 0.0684. The maximum Gasteiger partial charge on any atom is 0.122 e. The van der Waals surface area contributed by atoms with E-state index in [9.17, 15) is 4.79 Å². The van der Waals surface area contributed by atoms with Crippen molar-refractivity contribution in [3.8, 4) is 0 Å². The highest BCUT2D eigenvalue weighted by molar-refractivity contribution is 5.52. The van der Waals surface area contributed by atoms with Gasteiger partial charge in [0.1, 0.15) is 6.29 Å². The Kier molecular flexibility index (Phi) is 5.21. The van der Waals surface area contributed by atoms with Crippen LogP contribution < -0.4 is 0 Å². The van der Waals surface area contributed by atoms with Crippen LogP contribution in [0.25, 0.3) is 10.4 Å². The molecule has 0 aromatic heterocycles. The average Bonchev–Trinajstić information content (AvgIpc) is 2.00. The summed E-state index contributed by atoms with van der Waals surface area (Å²) in [6.07, 6.45) is 1.72. The first kappa shape index (κ1) is 9.98. The van der Waals surface area contributed by atoms with E-state index in [1.165, 1.54) is 0 Å². The summed E-state index contributed by atoms with van der Waals surface area (Å²) >= 11 is 0. The average molecular weight is 155 g/mol. The first-order valence-electron chi connectivity index (χ1n) is 3.66. The second kappa shape index (κ2) is 5.74. The molecule has 62 valence electrons. The third-order valence-electron chi connectivity index (χ3n) is 1.46. The third-order valence-corrected chi connectivity index (χ3v) is 1.46. The van der Waals surface area contributed by atoms with Crippen LogP contribution in [0.4, 0.5) is 0 Å². The molecule has 4 heteroatoms. The summed E-state index contributed by atoms with van der Waals surface area (Å²) in [4.78, 5) is 12.9. The van der Waals surface area contributed by atoms with Crippen LogP contribution in [-0.4, -0.2) is 12.8 Å². The number of hydrogen-bond acceptors (Lipinski definition) is 2. The first-order chi connectivity index (χ1) is 5.20. The van der Waals surface area contributed by atoms with Gasteiger partial charge >= 0.3 is 0 Å². The van der Waals surface area contributed by atoms with Crippen LogP contribution in [0.5, 0.6) is 0 Å². The predicted molar refractivity (Wildman–Crippen MR) is 43.0 cm³/mol.